The fraction of sp³-hybridized carbons (Fsp3) is 0.333. The van der Waals surface area contributed by atoms with E-state index in [1.807, 2.05) is 37.3 Å². The molecule has 5 nitrogen and oxygen atoms in total. The number of carbonyl (C=O) groups is 1. The molecule has 1 amide bonds. The lowest BCUT2D eigenvalue weighted by Gasteiger charge is -2.23. The molecule has 29 heavy (non-hydrogen) atoms. The van der Waals surface area contributed by atoms with Gasteiger partial charge in [-0.15, -0.1) is 0 Å². The largest absolute Gasteiger partial charge is 0.398 e. The minimum atomic E-state index is -0.0602. The summed E-state index contributed by atoms with van der Waals surface area (Å²) in [5.74, 6) is 0.0696. The maximum Gasteiger partial charge on any atom is 0.241 e. The van der Waals surface area contributed by atoms with Gasteiger partial charge in [0.2, 0.25) is 5.91 Å². The Hall–Kier alpha value is -2.92. The van der Waals surface area contributed by atoms with Gasteiger partial charge in [-0.1, -0.05) is 30.3 Å². The Labute approximate surface area is 171 Å². The first-order valence-corrected chi connectivity index (χ1v) is 10.4. The quantitative estimate of drug-likeness (QED) is 0.665. The number of fused-ring (bicyclic) bond motifs is 1. The third-order valence-electron chi connectivity index (χ3n) is 5.66. The Kier molecular flexibility index (Phi) is 5.76. The molecule has 1 fully saturated rings. The van der Waals surface area contributed by atoms with Crippen LogP contribution in [0.25, 0.3) is 10.9 Å². The van der Waals surface area contributed by atoms with Crippen molar-refractivity contribution in [1.29, 1.82) is 0 Å². The highest BCUT2D eigenvalue weighted by molar-refractivity contribution is 5.99. The van der Waals surface area contributed by atoms with Crippen LogP contribution in [-0.4, -0.2) is 34.9 Å². The number of rotatable bonds is 6. The number of aryl methyl sites for hydroxylation is 2. The summed E-state index contributed by atoms with van der Waals surface area (Å²) in [6.07, 6.45) is 4.08. The zero-order valence-corrected chi connectivity index (χ0v) is 16.9. The van der Waals surface area contributed by atoms with Crippen LogP contribution < -0.4 is 11.1 Å². The average Bonchev–Trinajstić information content (AvgIpc) is 3.18. The molecule has 0 spiro atoms. The van der Waals surface area contributed by atoms with Gasteiger partial charge < -0.3 is 11.1 Å². The number of carbonyl (C=O) groups excluding carboxylic acids is 1. The van der Waals surface area contributed by atoms with Gasteiger partial charge in [0.25, 0.3) is 0 Å². The first kappa shape index (κ1) is 19.4. The van der Waals surface area contributed by atoms with E-state index >= 15 is 0 Å². The number of anilines is 2. The van der Waals surface area contributed by atoms with Crippen molar-refractivity contribution in [2.75, 3.05) is 24.1 Å². The van der Waals surface area contributed by atoms with Crippen molar-refractivity contribution in [3.8, 4) is 0 Å². The second kappa shape index (κ2) is 8.62. The van der Waals surface area contributed by atoms with Crippen molar-refractivity contribution >= 4 is 28.2 Å². The van der Waals surface area contributed by atoms with Crippen molar-refractivity contribution in [2.45, 2.75) is 38.6 Å². The summed E-state index contributed by atoms with van der Waals surface area (Å²) < 4.78 is 0. The lowest BCUT2D eigenvalue weighted by molar-refractivity contribution is -0.120. The molecule has 1 unspecified atom stereocenters. The number of nitrogens with zero attached hydrogens (tertiary/aromatic N) is 2. The Bertz CT molecular complexity index is 1000. The number of amides is 1. The van der Waals surface area contributed by atoms with E-state index in [4.69, 9.17) is 5.73 Å². The molecule has 0 aliphatic carbocycles. The molecular weight excluding hydrogens is 360 g/mol. The molecule has 1 aromatic heterocycles. The monoisotopic (exact) mass is 388 g/mol. The fourth-order valence-electron chi connectivity index (χ4n) is 4.21. The maximum atomic E-state index is 12.9. The lowest BCUT2D eigenvalue weighted by Crippen LogP contribution is -2.40. The summed E-state index contributed by atoms with van der Waals surface area (Å²) in [4.78, 5) is 19.8. The van der Waals surface area contributed by atoms with Crippen LogP contribution in [0.1, 0.15) is 30.5 Å². The van der Waals surface area contributed by atoms with E-state index in [2.05, 4.69) is 39.5 Å². The van der Waals surface area contributed by atoms with Crippen LogP contribution in [-0.2, 0) is 11.2 Å². The van der Waals surface area contributed by atoms with E-state index in [0.717, 1.165) is 61.1 Å². The Morgan fingerprint density at radius 3 is 2.86 bits per heavy atom. The molecule has 4 rings (SSSR count). The molecule has 2 heterocycles. The number of pyridine rings is 1. The van der Waals surface area contributed by atoms with Gasteiger partial charge in [-0.05, 0) is 75.5 Å². The van der Waals surface area contributed by atoms with Gasteiger partial charge in [0.1, 0.15) is 0 Å². The number of nitrogen functional groups attached to an aromatic ring is 1. The van der Waals surface area contributed by atoms with E-state index in [1.54, 1.807) is 0 Å². The number of aromatic nitrogens is 1. The molecule has 150 valence electrons. The molecule has 1 aliphatic rings. The Balaban J connectivity index is 1.38. The van der Waals surface area contributed by atoms with Crippen molar-refractivity contribution in [2.24, 2.45) is 0 Å². The molecule has 0 saturated carbocycles. The van der Waals surface area contributed by atoms with Gasteiger partial charge in [0, 0.05) is 22.5 Å². The van der Waals surface area contributed by atoms with E-state index in [0.29, 0.717) is 5.69 Å². The molecule has 3 aromatic rings. The van der Waals surface area contributed by atoms with E-state index in [1.165, 1.54) is 5.56 Å². The molecule has 2 aromatic carbocycles. The SMILES string of the molecule is Cc1cc(N)c2cc(NC(=O)C3CCCN3CCCc3ccccc3)ccc2n1. The van der Waals surface area contributed by atoms with Crippen LogP contribution in [0.3, 0.4) is 0 Å². The van der Waals surface area contributed by atoms with Crippen molar-refractivity contribution in [1.82, 2.24) is 9.88 Å². The summed E-state index contributed by atoms with van der Waals surface area (Å²) in [5.41, 5.74) is 10.7. The third kappa shape index (κ3) is 4.57. The molecule has 1 saturated heterocycles. The highest BCUT2D eigenvalue weighted by Gasteiger charge is 2.30. The minimum absolute atomic E-state index is 0.0602. The predicted octanol–water partition coefficient (Wildman–Crippen LogP) is 4.16. The van der Waals surface area contributed by atoms with Crippen LogP contribution in [0, 0.1) is 6.92 Å². The van der Waals surface area contributed by atoms with Crippen LogP contribution in [0.5, 0.6) is 0 Å². The molecule has 1 aliphatic heterocycles. The van der Waals surface area contributed by atoms with Crippen LogP contribution in [0.15, 0.2) is 54.6 Å². The van der Waals surface area contributed by atoms with E-state index in [9.17, 15) is 4.79 Å². The van der Waals surface area contributed by atoms with Crippen molar-refractivity contribution in [3.05, 3.63) is 65.9 Å². The number of nitrogens with one attached hydrogen (secondary N) is 1. The standard InChI is InChI=1S/C24H28N4O/c1-17-15-21(25)20-16-19(11-12-22(20)26-17)27-24(29)23-10-6-14-28(23)13-5-9-18-7-3-2-4-8-18/h2-4,7-8,11-12,15-16,23H,5-6,9-10,13-14H2,1H3,(H2,25,26)(H,27,29). The molecule has 3 N–H and O–H groups in total. The zero-order chi connectivity index (χ0) is 20.2. The van der Waals surface area contributed by atoms with E-state index < -0.39 is 0 Å². The van der Waals surface area contributed by atoms with E-state index in [-0.39, 0.29) is 11.9 Å². The second-order valence-corrected chi connectivity index (χ2v) is 7.86. The highest BCUT2D eigenvalue weighted by Crippen LogP contribution is 2.25. The fourth-order valence-corrected chi connectivity index (χ4v) is 4.21. The summed E-state index contributed by atoms with van der Waals surface area (Å²) >= 11 is 0. The van der Waals surface area contributed by atoms with Gasteiger partial charge >= 0.3 is 0 Å². The summed E-state index contributed by atoms with van der Waals surface area (Å²) in [5, 5.41) is 3.97. The summed E-state index contributed by atoms with van der Waals surface area (Å²) in [6, 6.07) is 18.1. The van der Waals surface area contributed by atoms with Gasteiger partial charge in [0.05, 0.1) is 11.6 Å². The van der Waals surface area contributed by atoms with Gasteiger partial charge in [0.15, 0.2) is 0 Å². The van der Waals surface area contributed by atoms with Crippen LogP contribution >= 0.6 is 0 Å². The van der Waals surface area contributed by atoms with Crippen LogP contribution in [0.4, 0.5) is 11.4 Å². The topological polar surface area (TPSA) is 71.2 Å². The number of benzene rings is 2. The Morgan fingerprint density at radius 1 is 1.21 bits per heavy atom. The first-order chi connectivity index (χ1) is 14.1. The smallest absolute Gasteiger partial charge is 0.241 e. The van der Waals surface area contributed by atoms with Gasteiger partial charge in [-0.3, -0.25) is 14.7 Å². The number of hydrogen-bond donors (Lipinski definition) is 2. The van der Waals surface area contributed by atoms with Gasteiger partial charge in [-0.25, -0.2) is 0 Å². The molecular formula is C24H28N4O. The molecule has 1 atom stereocenters. The maximum absolute atomic E-state index is 12.9. The zero-order valence-electron chi connectivity index (χ0n) is 16.9. The normalized spacial score (nSPS) is 16.9. The predicted molar refractivity (Wildman–Crippen MR) is 119 cm³/mol. The average molecular weight is 389 g/mol. The van der Waals surface area contributed by atoms with Crippen molar-refractivity contribution in [3.63, 3.8) is 0 Å². The summed E-state index contributed by atoms with van der Waals surface area (Å²) in [6.45, 7) is 3.86. The minimum Gasteiger partial charge on any atom is -0.398 e. The summed E-state index contributed by atoms with van der Waals surface area (Å²) in [7, 11) is 0. The van der Waals surface area contributed by atoms with Crippen LogP contribution in [0.2, 0.25) is 0 Å². The number of nitrogens with two attached hydrogens (primary N) is 1. The highest BCUT2D eigenvalue weighted by atomic mass is 16.2. The molecule has 5 heteroatoms. The number of likely N-dealkylation sites (tertiary alicyclic amines) is 1. The second-order valence-electron chi connectivity index (χ2n) is 7.86. The van der Waals surface area contributed by atoms with Crippen molar-refractivity contribution < 1.29 is 4.79 Å². The Morgan fingerprint density at radius 2 is 2.03 bits per heavy atom. The molecule has 0 bridgehead atoms. The molecule has 0 radical (unpaired) electrons. The lowest BCUT2D eigenvalue weighted by atomic mass is 10.1. The first-order valence-electron chi connectivity index (χ1n) is 10.4. The van der Waals surface area contributed by atoms with Gasteiger partial charge in [-0.2, -0.15) is 0 Å². The third-order valence-corrected chi connectivity index (χ3v) is 5.66. The number of hydrogen-bond acceptors (Lipinski definition) is 4.